The Balaban J connectivity index is 1.78. The second-order valence-electron chi connectivity index (χ2n) is 5.72. The summed E-state index contributed by atoms with van der Waals surface area (Å²) in [6.07, 6.45) is 7.11. The van der Waals surface area contributed by atoms with E-state index in [4.69, 9.17) is 4.74 Å². The number of anilines is 1. The van der Waals surface area contributed by atoms with Gasteiger partial charge >= 0.3 is 0 Å². The Bertz CT molecular complexity index is 619. The lowest BCUT2D eigenvalue weighted by Gasteiger charge is -2.23. The molecule has 2 aromatic heterocycles. The van der Waals surface area contributed by atoms with Gasteiger partial charge in [0.25, 0.3) is 0 Å². The zero-order valence-corrected chi connectivity index (χ0v) is 13.2. The lowest BCUT2D eigenvalue weighted by Crippen LogP contribution is -2.30. The first kappa shape index (κ1) is 15.0. The monoisotopic (exact) mass is 301 g/mol. The average Bonchev–Trinajstić information content (AvgIpc) is 2.90. The van der Waals surface area contributed by atoms with Crippen molar-refractivity contribution < 1.29 is 4.74 Å². The van der Waals surface area contributed by atoms with Crippen molar-refractivity contribution >= 4 is 5.95 Å². The molecule has 1 N–H and O–H groups in total. The van der Waals surface area contributed by atoms with Crippen LogP contribution in [0.25, 0.3) is 11.3 Å². The first-order valence-corrected chi connectivity index (χ1v) is 7.98. The highest BCUT2D eigenvalue weighted by Crippen LogP contribution is 2.21. The van der Waals surface area contributed by atoms with E-state index in [1.54, 1.807) is 6.20 Å². The van der Waals surface area contributed by atoms with Crippen LogP contribution in [0.2, 0.25) is 0 Å². The summed E-state index contributed by atoms with van der Waals surface area (Å²) in [5.74, 6) is 0.663. The van der Waals surface area contributed by atoms with Gasteiger partial charge in [0, 0.05) is 31.1 Å². The Hall–Kier alpha value is -1.95. The van der Waals surface area contributed by atoms with E-state index in [1.807, 2.05) is 17.7 Å². The van der Waals surface area contributed by atoms with Crippen LogP contribution < -0.4 is 5.32 Å². The molecule has 0 amide bonds. The predicted octanol–water partition coefficient (Wildman–Crippen LogP) is 2.65. The quantitative estimate of drug-likeness (QED) is 0.919. The van der Waals surface area contributed by atoms with Crippen molar-refractivity contribution in [2.24, 2.45) is 0 Å². The molecule has 1 fully saturated rings. The van der Waals surface area contributed by atoms with Gasteiger partial charge in [0.1, 0.15) is 0 Å². The predicted molar refractivity (Wildman–Crippen MR) is 85.7 cm³/mol. The topological polar surface area (TPSA) is 64.9 Å². The third-order valence-electron chi connectivity index (χ3n) is 3.82. The number of ether oxygens (including phenoxy) is 1. The Labute approximate surface area is 130 Å². The number of nitrogens with zero attached hydrogens (tertiary/aromatic N) is 4. The maximum absolute atomic E-state index is 5.49. The Morgan fingerprint density at radius 3 is 3.14 bits per heavy atom. The molecule has 0 radical (unpaired) electrons. The molecule has 1 unspecified atom stereocenters. The van der Waals surface area contributed by atoms with Gasteiger partial charge in [-0.25, -0.2) is 9.97 Å². The van der Waals surface area contributed by atoms with Gasteiger partial charge in [0.2, 0.25) is 5.95 Å². The summed E-state index contributed by atoms with van der Waals surface area (Å²) in [6.45, 7) is 6.67. The van der Waals surface area contributed by atoms with Gasteiger partial charge in [0.15, 0.2) is 0 Å². The van der Waals surface area contributed by atoms with E-state index in [9.17, 15) is 0 Å². The highest BCUT2D eigenvalue weighted by Gasteiger charge is 2.15. The van der Waals surface area contributed by atoms with Crippen molar-refractivity contribution in [2.45, 2.75) is 45.7 Å². The van der Waals surface area contributed by atoms with Crippen molar-refractivity contribution in [1.82, 2.24) is 19.7 Å². The molecule has 1 atom stereocenters. The summed E-state index contributed by atoms with van der Waals surface area (Å²) >= 11 is 0. The smallest absolute Gasteiger partial charge is 0.223 e. The van der Waals surface area contributed by atoms with Crippen LogP contribution in [0.1, 0.15) is 31.9 Å². The normalized spacial score (nSPS) is 18.4. The van der Waals surface area contributed by atoms with Crippen LogP contribution in [0.5, 0.6) is 0 Å². The van der Waals surface area contributed by atoms with Gasteiger partial charge in [-0.1, -0.05) is 6.92 Å². The highest BCUT2D eigenvalue weighted by atomic mass is 16.5. The molecule has 3 heterocycles. The summed E-state index contributed by atoms with van der Waals surface area (Å²) in [5.41, 5.74) is 2.98. The second kappa shape index (κ2) is 6.87. The number of rotatable bonds is 5. The molecule has 0 spiro atoms. The maximum atomic E-state index is 5.49. The molecule has 0 aliphatic carbocycles. The number of hydrogen-bond acceptors (Lipinski definition) is 5. The fraction of sp³-hybridized carbons (Fsp3) is 0.562. The van der Waals surface area contributed by atoms with E-state index < -0.39 is 0 Å². The van der Waals surface area contributed by atoms with Crippen molar-refractivity contribution in [1.29, 1.82) is 0 Å². The summed E-state index contributed by atoms with van der Waals surface area (Å²) < 4.78 is 7.47. The third-order valence-corrected chi connectivity index (χ3v) is 3.82. The third kappa shape index (κ3) is 3.44. The van der Waals surface area contributed by atoms with E-state index in [-0.39, 0.29) is 0 Å². The Morgan fingerprint density at radius 2 is 2.36 bits per heavy atom. The van der Waals surface area contributed by atoms with Gasteiger partial charge in [-0.2, -0.15) is 5.10 Å². The lowest BCUT2D eigenvalue weighted by molar-refractivity contribution is 0.0874. The summed E-state index contributed by atoms with van der Waals surface area (Å²) in [4.78, 5) is 8.97. The van der Waals surface area contributed by atoms with Gasteiger partial charge in [-0.3, -0.25) is 4.68 Å². The average molecular weight is 301 g/mol. The van der Waals surface area contributed by atoms with Gasteiger partial charge in [-0.15, -0.1) is 0 Å². The van der Waals surface area contributed by atoms with Crippen molar-refractivity contribution in [3.05, 3.63) is 24.2 Å². The van der Waals surface area contributed by atoms with Crippen LogP contribution in [-0.4, -0.2) is 39.0 Å². The number of aryl methyl sites for hydroxylation is 2. The number of hydrogen-bond donors (Lipinski definition) is 1. The molecule has 22 heavy (non-hydrogen) atoms. The second-order valence-corrected chi connectivity index (χ2v) is 5.72. The molecule has 118 valence electrons. The van der Waals surface area contributed by atoms with Gasteiger partial charge in [0.05, 0.1) is 24.0 Å². The van der Waals surface area contributed by atoms with E-state index in [0.717, 1.165) is 56.0 Å². The first-order chi connectivity index (χ1) is 10.8. The van der Waals surface area contributed by atoms with Crippen molar-refractivity contribution in [3.8, 4) is 11.3 Å². The zero-order chi connectivity index (χ0) is 15.4. The van der Waals surface area contributed by atoms with Crippen LogP contribution in [0.4, 0.5) is 5.95 Å². The fourth-order valence-electron chi connectivity index (χ4n) is 2.73. The Kier molecular flexibility index (Phi) is 4.68. The largest absolute Gasteiger partial charge is 0.379 e. The minimum absolute atomic E-state index is 0.299. The minimum atomic E-state index is 0.299. The molecular formula is C16H23N5O. The zero-order valence-electron chi connectivity index (χ0n) is 13.2. The first-order valence-electron chi connectivity index (χ1n) is 7.98. The van der Waals surface area contributed by atoms with Gasteiger partial charge in [-0.05, 0) is 32.3 Å². The van der Waals surface area contributed by atoms with Gasteiger partial charge < -0.3 is 10.1 Å². The van der Waals surface area contributed by atoms with E-state index in [2.05, 4.69) is 33.5 Å². The van der Waals surface area contributed by atoms with E-state index in [0.29, 0.717) is 12.0 Å². The number of aromatic nitrogens is 4. The molecule has 1 aliphatic heterocycles. The fourth-order valence-corrected chi connectivity index (χ4v) is 2.73. The van der Waals surface area contributed by atoms with Crippen LogP contribution in [0.3, 0.4) is 0 Å². The highest BCUT2D eigenvalue weighted by molar-refractivity contribution is 5.61. The van der Waals surface area contributed by atoms with Crippen LogP contribution in [-0.2, 0) is 11.3 Å². The molecule has 6 nitrogen and oxygen atoms in total. The molecule has 0 saturated carbocycles. The molecule has 1 saturated heterocycles. The Morgan fingerprint density at radius 1 is 1.45 bits per heavy atom. The summed E-state index contributed by atoms with van der Waals surface area (Å²) in [5, 5.41) is 7.91. The van der Waals surface area contributed by atoms with Crippen molar-refractivity contribution in [3.63, 3.8) is 0 Å². The molecule has 6 heteroatoms. The maximum Gasteiger partial charge on any atom is 0.223 e. The van der Waals surface area contributed by atoms with Crippen molar-refractivity contribution in [2.75, 3.05) is 18.5 Å². The molecule has 0 aromatic carbocycles. The molecular weight excluding hydrogens is 278 g/mol. The molecule has 2 aromatic rings. The lowest BCUT2D eigenvalue weighted by atomic mass is 10.1. The minimum Gasteiger partial charge on any atom is -0.379 e. The van der Waals surface area contributed by atoms with Crippen LogP contribution in [0, 0.1) is 6.92 Å². The van der Waals surface area contributed by atoms with Crippen LogP contribution in [0.15, 0.2) is 18.5 Å². The summed E-state index contributed by atoms with van der Waals surface area (Å²) in [6, 6.07) is 2.23. The van der Waals surface area contributed by atoms with E-state index >= 15 is 0 Å². The number of nitrogens with one attached hydrogen (secondary N) is 1. The van der Waals surface area contributed by atoms with E-state index in [1.165, 1.54) is 0 Å². The summed E-state index contributed by atoms with van der Waals surface area (Å²) in [7, 11) is 0. The molecule has 0 bridgehead atoms. The van der Waals surface area contributed by atoms with Crippen LogP contribution >= 0.6 is 0 Å². The molecule has 3 rings (SSSR count). The SMILES string of the molecule is CCCn1cc(-c2ccnc(NC3CCCOC3)n2)c(C)n1. The molecule has 1 aliphatic rings. The standard InChI is InChI=1S/C16H23N5O/c1-3-8-21-10-14(12(2)20-21)15-6-7-17-16(19-15)18-13-5-4-9-22-11-13/h6-7,10,13H,3-5,8-9,11H2,1-2H3,(H,17,18,19).